The van der Waals surface area contributed by atoms with E-state index >= 15 is 0 Å². The van der Waals surface area contributed by atoms with Gasteiger partial charge in [-0.3, -0.25) is 10.4 Å². The van der Waals surface area contributed by atoms with Crippen molar-refractivity contribution in [2.24, 2.45) is 0 Å². The van der Waals surface area contributed by atoms with Crippen molar-refractivity contribution in [2.75, 3.05) is 0 Å². The molecule has 2 aromatic carbocycles. The number of nitrogens with zero attached hydrogens (tertiary/aromatic N) is 3. The first-order valence-electron chi connectivity index (χ1n) is 8.51. The summed E-state index contributed by atoms with van der Waals surface area (Å²) in [4.78, 5) is 8.06. The molecule has 1 N–H and O–H groups in total. The fourth-order valence-electron chi connectivity index (χ4n) is 2.93. The summed E-state index contributed by atoms with van der Waals surface area (Å²) in [5.41, 5.74) is 6.67. The molecule has 2 heterocycles. The van der Waals surface area contributed by atoms with Crippen LogP contribution in [-0.2, 0) is 6.54 Å². The van der Waals surface area contributed by atoms with Gasteiger partial charge in [0.25, 0.3) is 0 Å². The number of allylic oxidation sites excluding steroid dienone is 2. The highest BCUT2D eigenvalue weighted by molar-refractivity contribution is 5.66. The standard InChI is InChI=1S/C21H15F3N4/c22-18-8-16(9-19(23)21(18)24)20-5-2-6-28(27-20)12-14-3-1-4-15(7-14)17-10-25-13-26-11-17/h1-11,13,27H,12H2. The van der Waals surface area contributed by atoms with Crippen LogP contribution >= 0.6 is 0 Å². The zero-order chi connectivity index (χ0) is 19.5. The van der Waals surface area contributed by atoms with Gasteiger partial charge >= 0.3 is 0 Å². The average Bonchev–Trinajstić information content (AvgIpc) is 2.73. The van der Waals surface area contributed by atoms with Gasteiger partial charge in [0, 0.05) is 29.7 Å². The third-order valence-electron chi connectivity index (χ3n) is 4.26. The van der Waals surface area contributed by atoms with Crippen LogP contribution in [0.3, 0.4) is 0 Å². The lowest BCUT2D eigenvalue weighted by atomic mass is 10.1. The Morgan fingerprint density at radius 3 is 2.39 bits per heavy atom. The predicted molar refractivity (Wildman–Crippen MR) is 99.6 cm³/mol. The van der Waals surface area contributed by atoms with Crippen LogP contribution in [0.5, 0.6) is 0 Å². The van der Waals surface area contributed by atoms with Gasteiger partial charge in [0.1, 0.15) is 6.33 Å². The molecule has 1 aromatic heterocycles. The summed E-state index contributed by atoms with van der Waals surface area (Å²) in [6.07, 6.45) is 10.2. The molecule has 3 aromatic rings. The van der Waals surface area contributed by atoms with Gasteiger partial charge < -0.3 is 0 Å². The lowest BCUT2D eigenvalue weighted by Crippen LogP contribution is -2.33. The summed E-state index contributed by atoms with van der Waals surface area (Å²) in [6.45, 7) is 0.502. The van der Waals surface area contributed by atoms with E-state index in [2.05, 4.69) is 15.4 Å². The minimum absolute atomic E-state index is 0.223. The van der Waals surface area contributed by atoms with Gasteiger partial charge in [0.15, 0.2) is 17.5 Å². The summed E-state index contributed by atoms with van der Waals surface area (Å²) >= 11 is 0. The summed E-state index contributed by atoms with van der Waals surface area (Å²) < 4.78 is 40.3. The van der Waals surface area contributed by atoms with E-state index in [1.54, 1.807) is 35.8 Å². The van der Waals surface area contributed by atoms with E-state index < -0.39 is 17.5 Å². The van der Waals surface area contributed by atoms with Crippen molar-refractivity contribution in [1.82, 2.24) is 20.4 Å². The van der Waals surface area contributed by atoms with Gasteiger partial charge in [-0.25, -0.2) is 23.1 Å². The molecule has 0 bridgehead atoms. The number of hydrogen-bond acceptors (Lipinski definition) is 4. The first kappa shape index (κ1) is 17.8. The van der Waals surface area contributed by atoms with Crippen LogP contribution in [0.4, 0.5) is 13.2 Å². The Hall–Kier alpha value is -3.61. The van der Waals surface area contributed by atoms with E-state index in [0.29, 0.717) is 12.2 Å². The third-order valence-corrected chi connectivity index (χ3v) is 4.26. The van der Waals surface area contributed by atoms with Crippen molar-refractivity contribution in [3.05, 3.63) is 102 Å². The van der Waals surface area contributed by atoms with Crippen LogP contribution in [0.2, 0.25) is 0 Å². The zero-order valence-corrected chi connectivity index (χ0v) is 14.6. The molecule has 0 fully saturated rings. The number of aromatic nitrogens is 2. The van der Waals surface area contributed by atoms with Crippen molar-refractivity contribution in [3.63, 3.8) is 0 Å². The normalized spacial score (nSPS) is 13.2. The van der Waals surface area contributed by atoms with E-state index in [9.17, 15) is 13.2 Å². The minimum Gasteiger partial charge on any atom is -0.298 e. The SMILES string of the molecule is Fc1cc(C2=CC=CN(Cc3cccc(-c4cncnc4)c3)N2)cc(F)c1F. The van der Waals surface area contributed by atoms with E-state index in [4.69, 9.17) is 0 Å². The minimum atomic E-state index is -1.48. The first-order valence-corrected chi connectivity index (χ1v) is 8.51. The Morgan fingerprint density at radius 2 is 1.64 bits per heavy atom. The second kappa shape index (κ2) is 7.56. The maximum absolute atomic E-state index is 13.5. The molecule has 0 radical (unpaired) electrons. The molecule has 0 atom stereocenters. The number of benzene rings is 2. The molecular formula is C21H15F3N4. The van der Waals surface area contributed by atoms with Crippen LogP contribution < -0.4 is 5.43 Å². The summed E-state index contributed by atoms with van der Waals surface area (Å²) in [5, 5.41) is 1.77. The monoisotopic (exact) mass is 380 g/mol. The van der Waals surface area contributed by atoms with Gasteiger partial charge in [-0.05, 0) is 41.5 Å². The molecule has 0 spiro atoms. The smallest absolute Gasteiger partial charge is 0.194 e. The summed E-state index contributed by atoms with van der Waals surface area (Å²) in [5.74, 6) is -3.93. The molecule has 7 heteroatoms. The molecular weight excluding hydrogens is 365 g/mol. The van der Waals surface area contributed by atoms with Crippen molar-refractivity contribution in [1.29, 1.82) is 0 Å². The maximum Gasteiger partial charge on any atom is 0.194 e. The maximum atomic E-state index is 13.5. The van der Waals surface area contributed by atoms with Gasteiger partial charge in [0.2, 0.25) is 0 Å². The fourth-order valence-corrected chi connectivity index (χ4v) is 2.93. The summed E-state index contributed by atoms with van der Waals surface area (Å²) in [7, 11) is 0. The topological polar surface area (TPSA) is 41.1 Å². The van der Waals surface area contributed by atoms with Gasteiger partial charge in [-0.1, -0.05) is 18.2 Å². The second-order valence-corrected chi connectivity index (χ2v) is 6.24. The Balaban J connectivity index is 1.52. The molecule has 140 valence electrons. The number of nitrogens with one attached hydrogen (secondary N) is 1. The van der Waals surface area contributed by atoms with Crippen LogP contribution in [0.15, 0.2) is 73.5 Å². The molecule has 1 aliphatic heterocycles. The number of rotatable bonds is 4. The van der Waals surface area contributed by atoms with Gasteiger partial charge in [0.05, 0.1) is 12.2 Å². The van der Waals surface area contributed by atoms with Crippen LogP contribution in [0, 0.1) is 17.5 Å². The first-order chi connectivity index (χ1) is 13.6. The molecule has 0 saturated heterocycles. The summed E-state index contributed by atoms with van der Waals surface area (Å²) in [6, 6.07) is 9.82. The third kappa shape index (κ3) is 3.73. The van der Waals surface area contributed by atoms with E-state index in [1.807, 2.05) is 24.3 Å². The second-order valence-electron chi connectivity index (χ2n) is 6.24. The Labute approximate surface area is 159 Å². The largest absolute Gasteiger partial charge is 0.298 e. The lowest BCUT2D eigenvalue weighted by molar-refractivity contribution is 0.313. The van der Waals surface area contributed by atoms with Crippen LogP contribution in [0.25, 0.3) is 16.8 Å². The molecule has 28 heavy (non-hydrogen) atoms. The lowest BCUT2D eigenvalue weighted by Gasteiger charge is -2.27. The van der Waals surface area contributed by atoms with Crippen molar-refractivity contribution in [2.45, 2.75) is 6.54 Å². The van der Waals surface area contributed by atoms with E-state index in [1.165, 1.54) is 6.33 Å². The average molecular weight is 380 g/mol. The molecule has 4 rings (SSSR count). The Kier molecular flexibility index (Phi) is 4.80. The number of hydrazine groups is 1. The van der Waals surface area contributed by atoms with Gasteiger partial charge in [-0.15, -0.1) is 0 Å². The Morgan fingerprint density at radius 1 is 0.893 bits per heavy atom. The predicted octanol–water partition coefficient (Wildman–Crippen LogP) is 4.44. The molecule has 0 amide bonds. The molecule has 0 unspecified atom stereocenters. The highest BCUT2D eigenvalue weighted by Gasteiger charge is 2.15. The highest BCUT2D eigenvalue weighted by Crippen LogP contribution is 2.23. The molecule has 0 aliphatic carbocycles. The van der Waals surface area contributed by atoms with Crippen molar-refractivity contribution in [3.8, 4) is 11.1 Å². The van der Waals surface area contributed by atoms with Crippen LogP contribution in [-0.4, -0.2) is 15.0 Å². The van der Waals surface area contributed by atoms with Gasteiger partial charge in [-0.2, -0.15) is 0 Å². The van der Waals surface area contributed by atoms with Crippen molar-refractivity contribution < 1.29 is 13.2 Å². The highest BCUT2D eigenvalue weighted by atomic mass is 19.2. The fraction of sp³-hybridized carbons (Fsp3) is 0.0476. The quantitative estimate of drug-likeness (QED) is 0.680. The zero-order valence-electron chi connectivity index (χ0n) is 14.6. The number of hydrogen-bond donors (Lipinski definition) is 1. The van der Waals surface area contributed by atoms with Crippen molar-refractivity contribution >= 4 is 5.70 Å². The van der Waals surface area contributed by atoms with E-state index in [-0.39, 0.29) is 5.56 Å². The van der Waals surface area contributed by atoms with Crippen LogP contribution in [0.1, 0.15) is 11.1 Å². The van der Waals surface area contributed by atoms with E-state index in [0.717, 1.165) is 28.8 Å². The number of halogens is 3. The molecule has 0 saturated carbocycles. The molecule has 4 nitrogen and oxygen atoms in total. The molecule has 1 aliphatic rings. The Bertz CT molecular complexity index is 1040.